The molecule has 0 saturated heterocycles. The number of halogens is 1. The number of benzene rings is 1. The maximum atomic E-state index is 13.0. The molecule has 18 heavy (non-hydrogen) atoms. The minimum absolute atomic E-state index is 0.266. The van der Waals surface area contributed by atoms with Crippen molar-refractivity contribution in [3.05, 3.63) is 47.8 Å². The minimum atomic E-state index is -0.422. The van der Waals surface area contributed by atoms with Crippen LogP contribution < -0.4 is 4.74 Å². The fourth-order valence-electron chi connectivity index (χ4n) is 1.62. The van der Waals surface area contributed by atoms with E-state index in [0.29, 0.717) is 25.0 Å². The van der Waals surface area contributed by atoms with Crippen LogP contribution in [0.4, 0.5) is 4.39 Å². The molecule has 1 heterocycles. The van der Waals surface area contributed by atoms with Gasteiger partial charge in [0, 0.05) is 18.5 Å². The van der Waals surface area contributed by atoms with Crippen LogP contribution in [0.2, 0.25) is 0 Å². The van der Waals surface area contributed by atoms with Crippen LogP contribution in [0.15, 0.2) is 30.6 Å². The van der Waals surface area contributed by atoms with Crippen LogP contribution in [-0.4, -0.2) is 22.4 Å². The van der Waals surface area contributed by atoms with Crippen LogP contribution in [0.5, 0.6) is 5.75 Å². The Bertz CT molecular complexity index is 552. The molecule has 0 bridgehead atoms. The third-order valence-electron chi connectivity index (χ3n) is 2.62. The number of carbonyl (C=O) groups excluding carboxylic acids is 1. The van der Waals surface area contributed by atoms with E-state index in [1.54, 1.807) is 6.20 Å². The summed E-state index contributed by atoms with van der Waals surface area (Å²) in [5, 5.41) is 0. The van der Waals surface area contributed by atoms with Gasteiger partial charge in [0.25, 0.3) is 0 Å². The molecule has 4 nitrogen and oxygen atoms in total. The summed E-state index contributed by atoms with van der Waals surface area (Å²) < 4.78 is 20.4. The summed E-state index contributed by atoms with van der Waals surface area (Å²) in [6.07, 6.45) is 4.19. The molecule has 1 aromatic carbocycles. The van der Waals surface area contributed by atoms with Gasteiger partial charge in [0.15, 0.2) is 6.29 Å². The Hall–Kier alpha value is -2.17. The molecule has 2 rings (SSSR count). The Labute approximate surface area is 104 Å². The van der Waals surface area contributed by atoms with Crippen LogP contribution in [0.3, 0.4) is 0 Å². The van der Waals surface area contributed by atoms with Crippen LogP contribution in [-0.2, 0) is 6.54 Å². The molecule has 0 aliphatic rings. The Balaban J connectivity index is 2.00. The Kier molecular flexibility index (Phi) is 3.72. The first kappa shape index (κ1) is 12.3. The predicted octanol–water partition coefficient (Wildman–Crippen LogP) is 2.22. The van der Waals surface area contributed by atoms with E-state index < -0.39 is 5.82 Å². The van der Waals surface area contributed by atoms with Gasteiger partial charge in [0.2, 0.25) is 0 Å². The van der Waals surface area contributed by atoms with Crippen LogP contribution >= 0.6 is 0 Å². The Morgan fingerprint density at radius 1 is 1.50 bits per heavy atom. The van der Waals surface area contributed by atoms with Crippen molar-refractivity contribution in [2.75, 3.05) is 6.61 Å². The highest BCUT2D eigenvalue weighted by Gasteiger charge is 2.05. The average Bonchev–Trinajstić information content (AvgIpc) is 2.76. The molecule has 94 valence electrons. The second kappa shape index (κ2) is 5.44. The molecule has 0 aliphatic carbocycles. The second-order valence-corrected chi connectivity index (χ2v) is 3.82. The van der Waals surface area contributed by atoms with E-state index >= 15 is 0 Å². The number of rotatable bonds is 5. The fraction of sp³-hybridized carbons (Fsp3) is 0.231. The van der Waals surface area contributed by atoms with Crippen molar-refractivity contribution in [3.8, 4) is 5.75 Å². The van der Waals surface area contributed by atoms with Crippen molar-refractivity contribution in [1.29, 1.82) is 0 Å². The predicted molar refractivity (Wildman–Crippen MR) is 64.2 cm³/mol. The summed E-state index contributed by atoms with van der Waals surface area (Å²) >= 11 is 0. The number of aromatic nitrogens is 2. The zero-order valence-electron chi connectivity index (χ0n) is 9.97. The molecule has 0 spiro atoms. The van der Waals surface area contributed by atoms with Crippen LogP contribution in [0, 0.1) is 12.7 Å². The number of ether oxygens (including phenoxy) is 1. The summed E-state index contributed by atoms with van der Waals surface area (Å²) in [7, 11) is 0. The quantitative estimate of drug-likeness (QED) is 0.762. The number of nitrogens with zero attached hydrogens (tertiary/aromatic N) is 2. The molecule has 0 fully saturated rings. The molecule has 0 N–H and O–H groups in total. The number of aryl methyl sites for hydroxylation is 1. The molecule has 0 saturated carbocycles. The average molecular weight is 248 g/mol. The third-order valence-corrected chi connectivity index (χ3v) is 2.62. The summed E-state index contributed by atoms with van der Waals surface area (Å²) in [5.74, 6) is 0.727. The summed E-state index contributed by atoms with van der Waals surface area (Å²) in [5.41, 5.74) is 0.346. The van der Waals surface area contributed by atoms with Gasteiger partial charge in [0.05, 0.1) is 12.1 Å². The molecule has 0 atom stereocenters. The summed E-state index contributed by atoms with van der Waals surface area (Å²) in [6, 6.07) is 3.85. The Morgan fingerprint density at radius 3 is 3.00 bits per heavy atom. The molecule has 0 aliphatic heterocycles. The lowest BCUT2D eigenvalue weighted by Gasteiger charge is -2.09. The van der Waals surface area contributed by atoms with Gasteiger partial charge in [-0.2, -0.15) is 0 Å². The molecule has 5 heteroatoms. The Morgan fingerprint density at radius 2 is 2.33 bits per heavy atom. The second-order valence-electron chi connectivity index (χ2n) is 3.82. The van der Waals surface area contributed by atoms with Gasteiger partial charge in [-0.25, -0.2) is 9.37 Å². The topological polar surface area (TPSA) is 44.1 Å². The fourth-order valence-corrected chi connectivity index (χ4v) is 1.62. The van der Waals surface area contributed by atoms with E-state index in [4.69, 9.17) is 4.74 Å². The number of hydrogen-bond acceptors (Lipinski definition) is 3. The highest BCUT2D eigenvalue weighted by atomic mass is 19.1. The number of hydrogen-bond donors (Lipinski definition) is 0. The molecule has 1 aromatic heterocycles. The first-order valence-corrected chi connectivity index (χ1v) is 5.56. The lowest BCUT2D eigenvalue weighted by Crippen LogP contribution is -2.09. The third kappa shape index (κ3) is 2.74. The number of carbonyl (C=O) groups is 1. The molecular weight excluding hydrogens is 235 g/mol. The minimum Gasteiger partial charge on any atom is -0.491 e. The van der Waals surface area contributed by atoms with Gasteiger partial charge in [-0.1, -0.05) is 0 Å². The highest BCUT2D eigenvalue weighted by Crippen LogP contribution is 2.18. The normalized spacial score (nSPS) is 10.3. The zero-order valence-corrected chi connectivity index (χ0v) is 9.97. The van der Waals surface area contributed by atoms with Crippen molar-refractivity contribution in [2.24, 2.45) is 0 Å². The van der Waals surface area contributed by atoms with Crippen molar-refractivity contribution in [3.63, 3.8) is 0 Å². The molecular formula is C13H13FN2O2. The monoisotopic (exact) mass is 248 g/mol. The first-order valence-electron chi connectivity index (χ1n) is 5.56. The van der Waals surface area contributed by atoms with Crippen molar-refractivity contribution in [1.82, 2.24) is 9.55 Å². The van der Waals surface area contributed by atoms with E-state index in [1.165, 1.54) is 18.2 Å². The van der Waals surface area contributed by atoms with Crippen molar-refractivity contribution in [2.45, 2.75) is 13.5 Å². The summed E-state index contributed by atoms with van der Waals surface area (Å²) in [4.78, 5) is 14.8. The van der Waals surface area contributed by atoms with Gasteiger partial charge in [-0.15, -0.1) is 0 Å². The van der Waals surface area contributed by atoms with Gasteiger partial charge in [0.1, 0.15) is 24.0 Å². The van der Waals surface area contributed by atoms with E-state index in [9.17, 15) is 9.18 Å². The largest absolute Gasteiger partial charge is 0.491 e. The maximum Gasteiger partial charge on any atom is 0.153 e. The number of imidazole rings is 1. The molecule has 0 radical (unpaired) electrons. The van der Waals surface area contributed by atoms with Gasteiger partial charge < -0.3 is 9.30 Å². The SMILES string of the molecule is Cc1nccn1CCOc1cc(F)ccc1C=O. The lowest BCUT2D eigenvalue weighted by atomic mass is 10.2. The molecule has 2 aromatic rings. The van der Waals surface area contributed by atoms with E-state index in [-0.39, 0.29) is 5.75 Å². The van der Waals surface area contributed by atoms with Crippen molar-refractivity contribution >= 4 is 6.29 Å². The van der Waals surface area contributed by atoms with Gasteiger partial charge in [-0.3, -0.25) is 4.79 Å². The molecule has 0 unspecified atom stereocenters. The zero-order chi connectivity index (χ0) is 13.0. The van der Waals surface area contributed by atoms with Crippen molar-refractivity contribution < 1.29 is 13.9 Å². The highest BCUT2D eigenvalue weighted by molar-refractivity contribution is 5.79. The van der Waals surface area contributed by atoms with E-state index in [2.05, 4.69) is 4.98 Å². The molecule has 0 amide bonds. The standard InChI is InChI=1S/C13H13FN2O2/c1-10-15-4-5-16(10)6-7-18-13-8-12(14)3-2-11(13)9-17/h2-5,8-9H,6-7H2,1H3. The summed E-state index contributed by atoms with van der Waals surface area (Å²) in [6.45, 7) is 2.83. The van der Waals surface area contributed by atoms with E-state index in [1.807, 2.05) is 17.7 Å². The smallest absolute Gasteiger partial charge is 0.153 e. The lowest BCUT2D eigenvalue weighted by molar-refractivity contribution is 0.111. The first-order chi connectivity index (χ1) is 8.70. The maximum absolute atomic E-state index is 13.0. The van der Waals surface area contributed by atoms with Crippen LogP contribution in [0.25, 0.3) is 0 Å². The van der Waals surface area contributed by atoms with E-state index in [0.717, 1.165) is 5.82 Å². The van der Waals surface area contributed by atoms with Gasteiger partial charge in [-0.05, 0) is 19.1 Å². The van der Waals surface area contributed by atoms with Gasteiger partial charge >= 0.3 is 0 Å². The van der Waals surface area contributed by atoms with Crippen LogP contribution in [0.1, 0.15) is 16.2 Å². The number of aldehydes is 1.